The van der Waals surface area contributed by atoms with E-state index in [-0.39, 0.29) is 12.1 Å². The van der Waals surface area contributed by atoms with Crippen molar-refractivity contribution in [2.75, 3.05) is 18.9 Å². The van der Waals surface area contributed by atoms with E-state index < -0.39 is 6.10 Å². The van der Waals surface area contributed by atoms with Crippen molar-refractivity contribution in [2.24, 2.45) is 0 Å². The maximum Gasteiger partial charge on any atom is 0.321 e. The first-order valence-electron chi connectivity index (χ1n) is 8.48. The minimum atomic E-state index is -0.433. The maximum atomic E-state index is 12.3. The Morgan fingerprint density at radius 1 is 1.12 bits per heavy atom. The molecule has 25 heavy (non-hydrogen) atoms. The zero-order valence-corrected chi connectivity index (χ0v) is 15.0. The molecule has 0 aromatic heterocycles. The molecule has 2 atom stereocenters. The summed E-state index contributed by atoms with van der Waals surface area (Å²) in [5.41, 5.74) is 1.69. The summed E-state index contributed by atoms with van der Waals surface area (Å²) in [7, 11) is 1.70. The molecule has 2 N–H and O–H groups in total. The van der Waals surface area contributed by atoms with E-state index >= 15 is 0 Å². The normalized spacial score (nSPS) is 13.0. The molecule has 2 rings (SSSR count). The Labute approximate surface area is 149 Å². The standard InChI is InChI=1S/C20H26N2O3/c1-15(23)13-14-22(3)20(24)21-18-11-7-8-12-19(18)25-16(2)17-9-5-4-6-10-17/h4-12,15-16,23H,13-14H2,1-3H3,(H,21,24). The monoisotopic (exact) mass is 342 g/mol. The van der Waals surface area contributed by atoms with Gasteiger partial charge in [0.05, 0.1) is 11.8 Å². The van der Waals surface area contributed by atoms with E-state index in [4.69, 9.17) is 4.74 Å². The number of nitrogens with zero attached hydrogens (tertiary/aromatic N) is 1. The maximum absolute atomic E-state index is 12.3. The molecule has 5 heteroatoms. The number of carbonyl (C=O) groups excluding carboxylic acids is 1. The topological polar surface area (TPSA) is 61.8 Å². The van der Waals surface area contributed by atoms with Crippen molar-refractivity contribution in [3.8, 4) is 5.75 Å². The molecule has 2 aromatic carbocycles. The van der Waals surface area contributed by atoms with Crippen LogP contribution in [-0.2, 0) is 0 Å². The Balaban J connectivity index is 2.03. The van der Waals surface area contributed by atoms with Gasteiger partial charge in [0.15, 0.2) is 0 Å². The highest BCUT2D eigenvalue weighted by Gasteiger charge is 2.14. The summed E-state index contributed by atoms with van der Waals surface area (Å²) in [5, 5.41) is 12.2. The fourth-order valence-corrected chi connectivity index (χ4v) is 2.35. The van der Waals surface area contributed by atoms with Gasteiger partial charge in [-0.05, 0) is 38.0 Å². The van der Waals surface area contributed by atoms with Crippen LogP contribution in [0.3, 0.4) is 0 Å². The van der Waals surface area contributed by atoms with Gasteiger partial charge in [-0.1, -0.05) is 42.5 Å². The summed E-state index contributed by atoms with van der Waals surface area (Å²) < 4.78 is 6.04. The first kappa shape index (κ1) is 18.8. The van der Waals surface area contributed by atoms with E-state index in [0.29, 0.717) is 24.4 Å². The fourth-order valence-electron chi connectivity index (χ4n) is 2.35. The number of carbonyl (C=O) groups is 1. The van der Waals surface area contributed by atoms with Crippen LogP contribution in [0.4, 0.5) is 10.5 Å². The molecule has 0 saturated carbocycles. The molecule has 134 valence electrons. The SMILES string of the molecule is CC(O)CCN(C)C(=O)Nc1ccccc1OC(C)c1ccccc1. The zero-order chi connectivity index (χ0) is 18.2. The third kappa shape index (κ3) is 5.80. The molecule has 0 spiro atoms. The summed E-state index contributed by atoms with van der Waals surface area (Å²) in [5.74, 6) is 0.621. The van der Waals surface area contributed by atoms with Gasteiger partial charge in [-0.3, -0.25) is 0 Å². The van der Waals surface area contributed by atoms with Crippen LogP contribution in [0, 0.1) is 0 Å². The number of hydrogen-bond donors (Lipinski definition) is 2. The van der Waals surface area contributed by atoms with Crippen LogP contribution in [0.15, 0.2) is 54.6 Å². The predicted octanol–water partition coefficient (Wildman–Crippen LogP) is 4.06. The average Bonchev–Trinajstić information content (AvgIpc) is 2.61. The Kier molecular flexibility index (Phi) is 6.83. The lowest BCUT2D eigenvalue weighted by Crippen LogP contribution is -2.33. The van der Waals surface area contributed by atoms with Gasteiger partial charge in [0, 0.05) is 13.6 Å². The van der Waals surface area contributed by atoms with Gasteiger partial charge in [-0.15, -0.1) is 0 Å². The number of nitrogens with one attached hydrogen (secondary N) is 1. The molecule has 2 aromatic rings. The number of benzene rings is 2. The molecule has 0 aliphatic heterocycles. The van der Waals surface area contributed by atoms with Crippen LogP contribution in [0.2, 0.25) is 0 Å². The lowest BCUT2D eigenvalue weighted by atomic mass is 10.1. The quantitative estimate of drug-likeness (QED) is 0.797. The van der Waals surface area contributed by atoms with Gasteiger partial charge in [0.2, 0.25) is 0 Å². The summed E-state index contributed by atoms with van der Waals surface area (Å²) in [6.07, 6.45) is -0.0302. The predicted molar refractivity (Wildman–Crippen MR) is 99.9 cm³/mol. The van der Waals surface area contributed by atoms with Crippen LogP contribution in [0.1, 0.15) is 31.9 Å². The molecule has 0 aliphatic rings. The van der Waals surface area contributed by atoms with Gasteiger partial charge >= 0.3 is 6.03 Å². The number of rotatable bonds is 7. The van der Waals surface area contributed by atoms with Gasteiger partial charge in [0.25, 0.3) is 0 Å². The molecule has 0 fully saturated rings. The molecular formula is C20H26N2O3. The molecular weight excluding hydrogens is 316 g/mol. The first-order valence-corrected chi connectivity index (χ1v) is 8.48. The van der Waals surface area contributed by atoms with Crippen molar-refractivity contribution >= 4 is 11.7 Å². The lowest BCUT2D eigenvalue weighted by Gasteiger charge is -2.21. The van der Waals surface area contributed by atoms with E-state index in [1.54, 1.807) is 18.9 Å². The second-order valence-electron chi connectivity index (χ2n) is 6.16. The number of hydrogen-bond acceptors (Lipinski definition) is 3. The van der Waals surface area contributed by atoms with Crippen molar-refractivity contribution in [3.05, 3.63) is 60.2 Å². The third-order valence-electron chi connectivity index (χ3n) is 3.93. The molecule has 5 nitrogen and oxygen atoms in total. The summed E-state index contributed by atoms with van der Waals surface area (Å²) >= 11 is 0. The van der Waals surface area contributed by atoms with Crippen molar-refractivity contribution in [2.45, 2.75) is 32.5 Å². The molecule has 2 amide bonds. The van der Waals surface area contributed by atoms with Crippen LogP contribution in [-0.4, -0.2) is 35.7 Å². The van der Waals surface area contributed by atoms with E-state index in [1.165, 1.54) is 0 Å². The highest BCUT2D eigenvalue weighted by molar-refractivity contribution is 5.90. The molecule has 0 heterocycles. The second-order valence-corrected chi connectivity index (χ2v) is 6.16. The minimum Gasteiger partial charge on any atom is -0.484 e. The fraction of sp³-hybridized carbons (Fsp3) is 0.350. The van der Waals surface area contributed by atoms with Gasteiger partial charge in [0.1, 0.15) is 11.9 Å². The summed E-state index contributed by atoms with van der Waals surface area (Å²) in [6, 6.07) is 17.1. The van der Waals surface area contributed by atoms with Crippen molar-refractivity contribution in [3.63, 3.8) is 0 Å². The number of ether oxygens (including phenoxy) is 1. The Hall–Kier alpha value is -2.53. The van der Waals surface area contributed by atoms with Crippen molar-refractivity contribution in [1.29, 1.82) is 0 Å². The highest BCUT2D eigenvalue weighted by Crippen LogP contribution is 2.29. The number of para-hydroxylation sites is 2. The average molecular weight is 342 g/mol. The second kappa shape index (κ2) is 9.08. The van der Waals surface area contributed by atoms with Crippen molar-refractivity contribution < 1.29 is 14.6 Å². The minimum absolute atomic E-state index is 0.132. The molecule has 2 unspecified atom stereocenters. The Bertz CT molecular complexity index is 674. The zero-order valence-electron chi connectivity index (χ0n) is 15.0. The lowest BCUT2D eigenvalue weighted by molar-refractivity contribution is 0.167. The van der Waals surface area contributed by atoms with Crippen molar-refractivity contribution in [1.82, 2.24) is 4.90 Å². The first-order chi connectivity index (χ1) is 12.0. The molecule has 0 saturated heterocycles. The van der Waals surface area contributed by atoms with Gasteiger partial charge < -0.3 is 20.1 Å². The Morgan fingerprint density at radius 3 is 2.44 bits per heavy atom. The van der Waals surface area contributed by atoms with Crippen LogP contribution in [0.25, 0.3) is 0 Å². The van der Waals surface area contributed by atoms with Crippen LogP contribution < -0.4 is 10.1 Å². The Morgan fingerprint density at radius 2 is 1.76 bits per heavy atom. The number of urea groups is 1. The van der Waals surface area contributed by atoms with Gasteiger partial charge in [-0.25, -0.2) is 4.79 Å². The van der Waals surface area contributed by atoms with Gasteiger partial charge in [-0.2, -0.15) is 0 Å². The number of anilines is 1. The van der Waals surface area contributed by atoms with E-state index in [2.05, 4.69) is 5.32 Å². The third-order valence-corrected chi connectivity index (χ3v) is 3.93. The van der Waals surface area contributed by atoms with E-state index in [0.717, 1.165) is 5.56 Å². The summed E-state index contributed by atoms with van der Waals surface area (Å²) in [4.78, 5) is 13.9. The number of aliphatic hydroxyl groups excluding tert-OH is 1. The highest BCUT2D eigenvalue weighted by atomic mass is 16.5. The molecule has 0 aliphatic carbocycles. The number of amides is 2. The number of aliphatic hydroxyl groups is 1. The van der Waals surface area contributed by atoms with Crippen LogP contribution >= 0.6 is 0 Å². The van der Waals surface area contributed by atoms with E-state index in [9.17, 15) is 9.90 Å². The summed E-state index contributed by atoms with van der Waals surface area (Å²) in [6.45, 7) is 4.16. The molecule has 0 radical (unpaired) electrons. The largest absolute Gasteiger partial charge is 0.484 e. The smallest absolute Gasteiger partial charge is 0.321 e. The van der Waals surface area contributed by atoms with E-state index in [1.807, 2.05) is 61.5 Å². The van der Waals surface area contributed by atoms with Crippen LogP contribution in [0.5, 0.6) is 5.75 Å². The molecule has 0 bridgehead atoms.